The van der Waals surface area contributed by atoms with Crippen molar-refractivity contribution in [3.8, 4) is 17.2 Å². The topological polar surface area (TPSA) is 92.2 Å². The Bertz CT molecular complexity index is 844. The standard InChI is InChI=1S/C18H19Br2N3O4/c1-3-27-14-8-11(16(19)17(20)18(14)25)9-22-23-15(24)10-21-12-6-4-5-7-13(12)26-2/h4-9,21,25H,3,10H2,1-2H3,(H,23,24)/b22-9+. The van der Waals surface area contributed by atoms with E-state index >= 15 is 0 Å². The van der Waals surface area contributed by atoms with Crippen molar-refractivity contribution < 1.29 is 19.4 Å². The smallest absolute Gasteiger partial charge is 0.259 e. The highest BCUT2D eigenvalue weighted by Gasteiger charge is 2.14. The van der Waals surface area contributed by atoms with Crippen LogP contribution in [0.5, 0.6) is 17.2 Å². The number of para-hydroxylation sites is 2. The van der Waals surface area contributed by atoms with Crippen molar-refractivity contribution in [1.82, 2.24) is 5.43 Å². The number of ether oxygens (including phenoxy) is 2. The Morgan fingerprint density at radius 1 is 1.26 bits per heavy atom. The molecular formula is C18H19Br2N3O4. The fraction of sp³-hybridized carbons (Fsp3) is 0.222. The number of amides is 1. The van der Waals surface area contributed by atoms with E-state index < -0.39 is 0 Å². The van der Waals surface area contributed by atoms with Gasteiger partial charge in [0.2, 0.25) is 0 Å². The summed E-state index contributed by atoms with van der Waals surface area (Å²) in [6.45, 7) is 2.25. The summed E-state index contributed by atoms with van der Waals surface area (Å²) in [5, 5.41) is 17.0. The summed E-state index contributed by atoms with van der Waals surface area (Å²) in [5.74, 6) is 0.635. The minimum Gasteiger partial charge on any atom is -0.503 e. The van der Waals surface area contributed by atoms with E-state index in [9.17, 15) is 9.90 Å². The number of nitrogens with one attached hydrogen (secondary N) is 2. The second-order valence-electron chi connectivity index (χ2n) is 5.22. The Kier molecular flexibility index (Phi) is 7.93. The first kappa shape index (κ1) is 21.0. The number of phenols is 1. The van der Waals surface area contributed by atoms with E-state index in [1.54, 1.807) is 19.2 Å². The number of aromatic hydroxyl groups is 1. The lowest BCUT2D eigenvalue weighted by Crippen LogP contribution is -2.26. The van der Waals surface area contributed by atoms with E-state index in [1.807, 2.05) is 25.1 Å². The average molecular weight is 501 g/mol. The number of carbonyl (C=O) groups excluding carboxylic acids is 1. The molecule has 1 amide bonds. The number of rotatable bonds is 8. The first-order valence-electron chi connectivity index (χ1n) is 8.00. The summed E-state index contributed by atoms with van der Waals surface area (Å²) in [5.41, 5.74) is 3.78. The third kappa shape index (κ3) is 5.61. The van der Waals surface area contributed by atoms with E-state index in [0.29, 0.717) is 38.3 Å². The predicted octanol–water partition coefficient (Wildman–Crippen LogP) is 3.89. The summed E-state index contributed by atoms with van der Waals surface area (Å²) >= 11 is 6.66. The molecule has 0 aliphatic rings. The Morgan fingerprint density at radius 2 is 2.00 bits per heavy atom. The van der Waals surface area contributed by atoms with Gasteiger partial charge in [0.05, 0.1) is 36.6 Å². The van der Waals surface area contributed by atoms with Crippen LogP contribution in [0.2, 0.25) is 0 Å². The molecule has 0 fully saturated rings. The van der Waals surface area contributed by atoms with Crippen molar-refractivity contribution >= 4 is 49.7 Å². The van der Waals surface area contributed by atoms with Crippen LogP contribution < -0.4 is 20.2 Å². The van der Waals surface area contributed by atoms with Crippen LogP contribution in [0.3, 0.4) is 0 Å². The van der Waals surface area contributed by atoms with Gasteiger partial charge in [-0.3, -0.25) is 4.79 Å². The molecule has 0 spiro atoms. The fourth-order valence-electron chi connectivity index (χ4n) is 2.15. The van der Waals surface area contributed by atoms with Crippen molar-refractivity contribution in [2.45, 2.75) is 6.92 Å². The highest BCUT2D eigenvalue weighted by molar-refractivity contribution is 9.13. The van der Waals surface area contributed by atoms with Crippen LogP contribution in [0.4, 0.5) is 5.69 Å². The lowest BCUT2D eigenvalue weighted by atomic mass is 10.2. The molecule has 0 atom stereocenters. The molecule has 7 nitrogen and oxygen atoms in total. The second-order valence-corrected chi connectivity index (χ2v) is 6.81. The molecule has 2 aromatic carbocycles. The zero-order valence-corrected chi connectivity index (χ0v) is 17.9. The quantitative estimate of drug-likeness (QED) is 0.378. The lowest BCUT2D eigenvalue weighted by molar-refractivity contribution is -0.119. The third-order valence-electron chi connectivity index (χ3n) is 3.41. The molecule has 0 aliphatic heterocycles. The second kappa shape index (κ2) is 10.2. The SMILES string of the molecule is CCOc1cc(/C=N/NC(=O)CNc2ccccc2OC)c(Br)c(Br)c1O. The lowest BCUT2D eigenvalue weighted by Gasteiger charge is -2.11. The van der Waals surface area contributed by atoms with Crippen molar-refractivity contribution in [2.75, 3.05) is 25.6 Å². The van der Waals surface area contributed by atoms with Crippen molar-refractivity contribution in [2.24, 2.45) is 5.10 Å². The van der Waals surface area contributed by atoms with Crippen molar-refractivity contribution in [3.63, 3.8) is 0 Å². The summed E-state index contributed by atoms with van der Waals surface area (Å²) < 4.78 is 11.6. The van der Waals surface area contributed by atoms with Gasteiger partial charge in [-0.2, -0.15) is 5.10 Å². The molecule has 0 heterocycles. The number of benzene rings is 2. The number of anilines is 1. The molecule has 0 saturated heterocycles. The summed E-state index contributed by atoms with van der Waals surface area (Å²) in [4.78, 5) is 12.0. The molecule has 9 heteroatoms. The zero-order chi connectivity index (χ0) is 19.8. The van der Waals surface area contributed by atoms with Gasteiger partial charge in [0.15, 0.2) is 11.5 Å². The number of phenolic OH excluding ortho intramolecular Hbond substituents is 1. The molecule has 0 radical (unpaired) electrons. The molecule has 0 aromatic heterocycles. The van der Waals surface area contributed by atoms with Crippen LogP contribution in [0, 0.1) is 0 Å². The van der Waals surface area contributed by atoms with Gasteiger partial charge >= 0.3 is 0 Å². The largest absolute Gasteiger partial charge is 0.503 e. The van der Waals surface area contributed by atoms with E-state index in [2.05, 4.69) is 47.7 Å². The predicted molar refractivity (Wildman–Crippen MR) is 112 cm³/mol. The number of carbonyl (C=O) groups is 1. The first-order chi connectivity index (χ1) is 13.0. The molecule has 0 unspecified atom stereocenters. The molecular weight excluding hydrogens is 482 g/mol. The number of hydrogen-bond donors (Lipinski definition) is 3. The number of halogens is 2. The van der Waals surface area contributed by atoms with Crippen molar-refractivity contribution in [3.05, 3.63) is 44.8 Å². The minimum atomic E-state index is -0.323. The molecule has 0 aliphatic carbocycles. The molecule has 3 N–H and O–H groups in total. The molecule has 144 valence electrons. The zero-order valence-electron chi connectivity index (χ0n) is 14.8. The highest BCUT2D eigenvalue weighted by atomic mass is 79.9. The number of nitrogens with zero attached hydrogens (tertiary/aromatic N) is 1. The molecule has 27 heavy (non-hydrogen) atoms. The minimum absolute atomic E-state index is 0.00841. The maximum Gasteiger partial charge on any atom is 0.259 e. The Labute approximate surface area is 174 Å². The van der Waals surface area contributed by atoms with Gasteiger partial charge < -0.3 is 19.9 Å². The summed E-state index contributed by atoms with van der Waals surface area (Å²) in [6, 6.07) is 8.93. The van der Waals surface area contributed by atoms with E-state index in [0.717, 1.165) is 0 Å². The maximum atomic E-state index is 12.0. The van der Waals surface area contributed by atoms with E-state index in [-0.39, 0.29) is 18.2 Å². The summed E-state index contributed by atoms with van der Waals surface area (Å²) in [6.07, 6.45) is 1.46. The van der Waals surface area contributed by atoms with Crippen LogP contribution in [-0.2, 0) is 4.79 Å². The number of hydrogen-bond acceptors (Lipinski definition) is 6. The Hall–Kier alpha value is -2.26. The van der Waals surface area contributed by atoms with Crippen molar-refractivity contribution in [1.29, 1.82) is 0 Å². The maximum absolute atomic E-state index is 12.0. The Morgan fingerprint density at radius 3 is 2.70 bits per heavy atom. The van der Waals surface area contributed by atoms with Crippen LogP contribution in [0.15, 0.2) is 44.4 Å². The first-order valence-corrected chi connectivity index (χ1v) is 9.59. The van der Waals surface area contributed by atoms with Gasteiger partial charge in [0.1, 0.15) is 5.75 Å². The van der Waals surface area contributed by atoms with Gasteiger partial charge in [-0.1, -0.05) is 12.1 Å². The third-order valence-corrected chi connectivity index (χ3v) is 5.57. The summed E-state index contributed by atoms with van der Waals surface area (Å²) in [7, 11) is 1.56. The highest BCUT2D eigenvalue weighted by Crippen LogP contribution is 2.41. The number of methoxy groups -OCH3 is 1. The van der Waals surface area contributed by atoms with Gasteiger partial charge in [0, 0.05) is 10.0 Å². The van der Waals surface area contributed by atoms with Gasteiger partial charge in [-0.25, -0.2) is 5.43 Å². The van der Waals surface area contributed by atoms with Gasteiger partial charge in [-0.15, -0.1) is 0 Å². The van der Waals surface area contributed by atoms with Crippen LogP contribution >= 0.6 is 31.9 Å². The average Bonchev–Trinajstić information content (AvgIpc) is 2.68. The molecule has 0 saturated carbocycles. The van der Waals surface area contributed by atoms with Gasteiger partial charge in [-0.05, 0) is 57.0 Å². The van der Waals surface area contributed by atoms with Crippen LogP contribution in [-0.4, -0.2) is 37.5 Å². The fourth-order valence-corrected chi connectivity index (χ4v) is 2.98. The van der Waals surface area contributed by atoms with Gasteiger partial charge in [0.25, 0.3) is 5.91 Å². The number of hydrazone groups is 1. The molecule has 2 rings (SSSR count). The van der Waals surface area contributed by atoms with E-state index in [1.165, 1.54) is 6.21 Å². The van der Waals surface area contributed by atoms with Crippen LogP contribution in [0.25, 0.3) is 0 Å². The molecule has 0 bridgehead atoms. The van der Waals surface area contributed by atoms with E-state index in [4.69, 9.17) is 9.47 Å². The monoisotopic (exact) mass is 499 g/mol. The Balaban J connectivity index is 1.99. The normalized spacial score (nSPS) is 10.7. The molecule has 2 aromatic rings. The van der Waals surface area contributed by atoms with Crippen LogP contribution in [0.1, 0.15) is 12.5 Å².